The summed E-state index contributed by atoms with van der Waals surface area (Å²) in [6.45, 7) is 4.06. The number of rotatable bonds is 4. The second-order valence-corrected chi connectivity index (χ2v) is 10.0. The van der Waals surface area contributed by atoms with Gasteiger partial charge in [-0.3, -0.25) is 0 Å². The van der Waals surface area contributed by atoms with Crippen LogP contribution in [0.2, 0.25) is 0 Å². The monoisotopic (exact) mass is 414 g/mol. The van der Waals surface area contributed by atoms with Gasteiger partial charge in [0.2, 0.25) is 5.89 Å². The molecular formula is C19H18N4OS3. The lowest BCUT2D eigenvalue weighted by atomic mass is 9.97. The smallest absolute Gasteiger partial charge is 0.257 e. The number of thiophene rings is 2. The molecule has 0 bridgehead atoms. The molecule has 0 saturated carbocycles. The molecule has 1 aliphatic carbocycles. The van der Waals surface area contributed by atoms with Gasteiger partial charge in [0, 0.05) is 10.3 Å². The maximum atomic E-state index is 5.93. The van der Waals surface area contributed by atoms with Gasteiger partial charge in [-0.25, -0.2) is 9.97 Å². The van der Waals surface area contributed by atoms with E-state index in [9.17, 15) is 0 Å². The summed E-state index contributed by atoms with van der Waals surface area (Å²) in [5.74, 6) is 2.04. The van der Waals surface area contributed by atoms with Crippen LogP contribution in [-0.4, -0.2) is 20.2 Å². The maximum absolute atomic E-state index is 5.93. The molecule has 4 heterocycles. The number of aryl methyl sites for hydroxylation is 3. The van der Waals surface area contributed by atoms with Crippen LogP contribution in [0.3, 0.4) is 0 Å². The van der Waals surface area contributed by atoms with Crippen molar-refractivity contribution >= 4 is 44.7 Å². The standard InChI is InChI=1S/C19H18N4OS3/c1-10(16-22-23-17(24-16)14-8-5-9-25-14)26-18-15-12-6-3-4-7-13(12)27-19(15)21-11(2)20-18/h5,8-10H,3-4,6-7H2,1-2H3/t10-/m0/s1. The predicted octanol–water partition coefficient (Wildman–Crippen LogP) is 5.84. The van der Waals surface area contributed by atoms with E-state index in [0.717, 1.165) is 27.0 Å². The van der Waals surface area contributed by atoms with Gasteiger partial charge in [-0.15, -0.1) is 32.9 Å². The number of fused-ring (bicyclic) bond motifs is 3. The van der Waals surface area contributed by atoms with Crippen LogP contribution in [0.4, 0.5) is 0 Å². The molecule has 8 heteroatoms. The predicted molar refractivity (Wildman–Crippen MR) is 111 cm³/mol. The molecule has 0 aliphatic heterocycles. The number of thioether (sulfide) groups is 1. The number of nitrogens with zero attached hydrogens (tertiary/aromatic N) is 4. The SMILES string of the molecule is Cc1nc(S[C@@H](C)c2nnc(-c3cccs3)o2)c2c3c(sc2n1)CCCC3. The molecule has 0 aromatic carbocycles. The first-order valence-electron chi connectivity index (χ1n) is 9.02. The Morgan fingerprint density at radius 3 is 2.93 bits per heavy atom. The Hall–Kier alpha value is -1.77. The largest absolute Gasteiger partial charge is 0.419 e. The highest BCUT2D eigenvalue weighted by molar-refractivity contribution is 7.99. The van der Waals surface area contributed by atoms with Crippen LogP contribution in [0.15, 0.2) is 27.0 Å². The van der Waals surface area contributed by atoms with Gasteiger partial charge in [-0.2, -0.15) is 0 Å². The fourth-order valence-corrected chi connectivity index (χ4v) is 6.50. The van der Waals surface area contributed by atoms with Crippen molar-refractivity contribution in [2.45, 2.75) is 49.8 Å². The Morgan fingerprint density at radius 1 is 1.19 bits per heavy atom. The number of hydrogen-bond acceptors (Lipinski definition) is 8. The molecule has 27 heavy (non-hydrogen) atoms. The van der Waals surface area contributed by atoms with Gasteiger partial charge in [0.25, 0.3) is 5.89 Å². The van der Waals surface area contributed by atoms with E-state index in [0.29, 0.717) is 11.8 Å². The Bertz CT molecular complexity index is 1100. The summed E-state index contributed by atoms with van der Waals surface area (Å²) in [4.78, 5) is 13.1. The minimum atomic E-state index is 0.0304. The minimum absolute atomic E-state index is 0.0304. The molecule has 0 fully saturated rings. The molecule has 0 amide bonds. The molecule has 0 N–H and O–H groups in total. The van der Waals surface area contributed by atoms with Crippen molar-refractivity contribution in [2.75, 3.05) is 0 Å². The van der Waals surface area contributed by atoms with Crippen molar-refractivity contribution in [3.8, 4) is 10.8 Å². The van der Waals surface area contributed by atoms with E-state index in [2.05, 4.69) is 17.1 Å². The van der Waals surface area contributed by atoms with Gasteiger partial charge in [0.05, 0.1) is 10.1 Å². The fourth-order valence-electron chi connectivity index (χ4n) is 3.43. The van der Waals surface area contributed by atoms with Crippen LogP contribution in [0, 0.1) is 6.92 Å². The summed E-state index contributed by atoms with van der Waals surface area (Å²) < 4.78 is 5.93. The van der Waals surface area contributed by atoms with E-state index in [1.54, 1.807) is 23.1 Å². The maximum Gasteiger partial charge on any atom is 0.257 e. The molecule has 0 unspecified atom stereocenters. The van der Waals surface area contributed by atoms with E-state index in [1.165, 1.54) is 35.1 Å². The molecule has 0 spiro atoms. The van der Waals surface area contributed by atoms with Gasteiger partial charge in [0.15, 0.2) is 0 Å². The first kappa shape index (κ1) is 17.3. The average Bonchev–Trinajstić information content (AvgIpc) is 3.39. The van der Waals surface area contributed by atoms with E-state index in [1.807, 2.05) is 35.8 Å². The quantitative estimate of drug-likeness (QED) is 0.309. The van der Waals surface area contributed by atoms with Crippen molar-refractivity contribution in [3.63, 3.8) is 0 Å². The van der Waals surface area contributed by atoms with E-state index >= 15 is 0 Å². The second kappa shape index (κ2) is 7.00. The number of hydrogen-bond donors (Lipinski definition) is 0. The van der Waals surface area contributed by atoms with Crippen LogP contribution >= 0.6 is 34.4 Å². The zero-order valence-corrected chi connectivity index (χ0v) is 17.5. The molecule has 5 nitrogen and oxygen atoms in total. The summed E-state index contributed by atoms with van der Waals surface area (Å²) in [5.41, 5.74) is 1.46. The Labute approximate surface area is 169 Å². The Balaban J connectivity index is 1.50. The molecular weight excluding hydrogens is 396 g/mol. The van der Waals surface area contributed by atoms with Crippen molar-refractivity contribution in [2.24, 2.45) is 0 Å². The normalized spacial score (nSPS) is 15.2. The minimum Gasteiger partial charge on any atom is -0.419 e. The van der Waals surface area contributed by atoms with Crippen LogP contribution < -0.4 is 0 Å². The number of aromatic nitrogens is 4. The van der Waals surface area contributed by atoms with Crippen molar-refractivity contribution in [1.82, 2.24) is 20.2 Å². The molecule has 4 aromatic heterocycles. The highest BCUT2D eigenvalue weighted by Gasteiger charge is 2.24. The lowest BCUT2D eigenvalue weighted by molar-refractivity contribution is 0.510. The van der Waals surface area contributed by atoms with Crippen LogP contribution in [0.5, 0.6) is 0 Å². The third kappa shape index (κ3) is 3.19. The first-order valence-corrected chi connectivity index (χ1v) is 11.6. The van der Waals surface area contributed by atoms with Crippen molar-refractivity contribution in [1.29, 1.82) is 0 Å². The Kier molecular flexibility index (Phi) is 4.49. The fraction of sp³-hybridized carbons (Fsp3) is 0.368. The van der Waals surface area contributed by atoms with Gasteiger partial charge in [-0.05, 0) is 56.5 Å². The van der Waals surface area contributed by atoms with Gasteiger partial charge >= 0.3 is 0 Å². The molecule has 4 aromatic rings. The zero-order valence-electron chi connectivity index (χ0n) is 15.1. The summed E-state index contributed by atoms with van der Waals surface area (Å²) in [5, 5.41) is 12.8. The molecule has 0 saturated heterocycles. The van der Waals surface area contributed by atoms with E-state index in [4.69, 9.17) is 14.4 Å². The highest BCUT2D eigenvalue weighted by Crippen LogP contribution is 2.43. The summed E-state index contributed by atoms with van der Waals surface area (Å²) in [7, 11) is 0. The van der Waals surface area contributed by atoms with Gasteiger partial charge in [-0.1, -0.05) is 17.8 Å². The third-order valence-electron chi connectivity index (χ3n) is 4.70. The topological polar surface area (TPSA) is 64.7 Å². The molecule has 138 valence electrons. The summed E-state index contributed by atoms with van der Waals surface area (Å²) >= 11 is 5.13. The molecule has 1 atom stereocenters. The van der Waals surface area contributed by atoms with Gasteiger partial charge < -0.3 is 4.42 Å². The average molecular weight is 415 g/mol. The van der Waals surface area contributed by atoms with Crippen LogP contribution in [0.25, 0.3) is 21.0 Å². The highest BCUT2D eigenvalue weighted by atomic mass is 32.2. The van der Waals surface area contributed by atoms with Crippen LogP contribution in [-0.2, 0) is 12.8 Å². The lowest BCUT2D eigenvalue weighted by Gasteiger charge is -2.13. The lowest BCUT2D eigenvalue weighted by Crippen LogP contribution is -2.00. The van der Waals surface area contributed by atoms with Crippen LogP contribution in [0.1, 0.15) is 47.2 Å². The third-order valence-corrected chi connectivity index (χ3v) is 7.82. The first-order chi connectivity index (χ1) is 13.2. The van der Waals surface area contributed by atoms with Crippen molar-refractivity contribution < 1.29 is 4.42 Å². The second-order valence-electron chi connectivity index (χ2n) is 6.65. The van der Waals surface area contributed by atoms with Crippen molar-refractivity contribution in [3.05, 3.63) is 39.7 Å². The zero-order chi connectivity index (χ0) is 18.4. The summed E-state index contributed by atoms with van der Waals surface area (Å²) in [6, 6.07) is 3.98. The van der Waals surface area contributed by atoms with Gasteiger partial charge in [0.1, 0.15) is 15.7 Å². The molecule has 1 aliphatic rings. The summed E-state index contributed by atoms with van der Waals surface area (Å²) in [6.07, 6.45) is 4.83. The Morgan fingerprint density at radius 2 is 2.07 bits per heavy atom. The molecule has 5 rings (SSSR count). The molecule has 0 radical (unpaired) electrons. The van der Waals surface area contributed by atoms with E-state index in [-0.39, 0.29) is 5.25 Å². The van der Waals surface area contributed by atoms with E-state index < -0.39 is 0 Å².